The first-order valence-electron chi connectivity index (χ1n) is 10.9. The average molecular weight is 566 g/mol. The van der Waals surface area contributed by atoms with E-state index in [0.29, 0.717) is 4.57 Å². The molecule has 15 heteroatoms. The molecule has 3 aromatic rings. The Morgan fingerprint density at radius 1 is 1.11 bits per heavy atom. The third kappa shape index (κ3) is 5.50. The number of methoxy groups -OCH3 is 1. The second-order valence-electron chi connectivity index (χ2n) is 7.86. The van der Waals surface area contributed by atoms with Gasteiger partial charge in [0.2, 0.25) is 5.82 Å². The van der Waals surface area contributed by atoms with E-state index >= 15 is 0 Å². The summed E-state index contributed by atoms with van der Waals surface area (Å²) in [6, 6.07) is 7.50. The number of hydrogen-bond donors (Lipinski definition) is 0. The van der Waals surface area contributed by atoms with E-state index in [9.17, 15) is 31.1 Å². The van der Waals surface area contributed by atoms with Crippen LogP contribution in [0.2, 0.25) is 5.02 Å². The number of aromatic nitrogens is 3. The minimum atomic E-state index is -5.16. The Hall–Kier alpha value is -3.52. The van der Waals surface area contributed by atoms with Crippen LogP contribution in [0, 0.1) is 0 Å². The summed E-state index contributed by atoms with van der Waals surface area (Å²) in [4.78, 5) is 12.4. The summed E-state index contributed by atoms with van der Waals surface area (Å²) < 4.78 is 103. The molecule has 1 aromatic heterocycles. The fourth-order valence-electron chi connectivity index (χ4n) is 4.04. The lowest BCUT2D eigenvalue weighted by Crippen LogP contribution is -2.21. The van der Waals surface area contributed by atoms with Crippen molar-refractivity contribution in [2.75, 3.05) is 13.7 Å². The molecule has 38 heavy (non-hydrogen) atoms. The zero-order valence-electron chi connectivity index (χ0n) is 19.6. The molecule has 0 aliphatic carbocycles. The molecule has 0 spiro atoms. The molecule has 2 atom stereocenters. The number of esters is 1. The van der Waals surface area contributed by atoms with E-state index in [1.54, 1.807) is 0 Å². The summed E-state index contributed by atoms with van der Waals surface area (Å²) in [5.41, 5.74) is -0.513. The molecule has 2 aromatic carbocycles. The SMILES string of the molecule is CCOC(=O)CC1OC(c2cccc(OC)c2OC(F)(F)F)c2cc(Cl)ccc2-n2c1nnc2C(F)(F)F. The number of carbonyl (C=O) groups is 1. The largest absolute Gasteiger partial charge is 0.573 e. The van der Waals surface area contributed by atoms with E-state index in [1.165, 1.54) is 43.3 Å². The Balaban J connectivity index is 2.01. The lowest BCUT2D eigenvalue weighted by Gasteiger charge is -2.25. The normalized spacial score (nSPS) is 17.3. The number of para-hydroxylation sites is 1. The molecule has 4 rings (SSSR count). The van der Waals surface area contributed by atoms with Crippen LogP contribution in [-0.2, 0) is 20.4 Å². The number of nitrogens with zero attached hydrogens (tertiary/aromatic N) is 3. The molecule has 1 aliphatic rings. The Morgan fingerprint density at radius 2 is 1.84 bits per heavy atom. The number of alkyl halides is 6. The highest BCUT2D eigenvalue weighted by Gasteiger charge is 2.44. The smallest absolute Gasteiger partial charge is 0.493 e. The zero-order chi connectivity index (χ0) is 27.8. The van der Waals surface area contributed by atoms with E-state index in [-0.39, 0.29) is 34.2 Å². The van der Waals surface area contributed by atoms with Crippen LogP contribution in [0.25, 0.3) is 5.69 Å². The van der Waals surface area contributed by atoms with Gasteiger partial charge in [0.15, 0.2) is 17.3 Å². The number of halogens is 7. The second kappa shape index (κ2) is 10.3. The van der Waals surface area contributed by atoms with Gasteiger partial charge in [0, 0.05) is 16.1 Å². The summed E-state index contributed by atoms with van der Waals surface area (Å²) in [6.07, 6.45) is -13.8. The van der Waals surface area contributed by atoms with Gasteiger partial charge in [-0.15, -0.1) is 23.4 Å². The molecule has 2 heterocycles. The van der Waals surface area contributed by atoms with Crippen molar-refractivity contribution in [3.05, 3.63) is 64.2 Å². The van der Waals surface area contributed by atoms with Crippen molar-refractivity contribution in [1.82, 2.24) is 14.8 Å². The van der Waals surface area contributed by atoms with Crippen molar-refractivity contribution in [2.45, 2.75) is 38.1 Å². The van der Waals surface area contributed by atoms with Crippen LogP contribution in [0.4, 0.5) is 26.3 Å². The monoisotopic (exact) mass is 565 g/mol. The fourth-order valence-corrected chi connectivity index (χ4v) is 4.22. The topological polar surface area (TPSA) is 84.7 Å². The van der Waals surface area contributed by atoms with E-state index in [2.05, 4.69) is 14.9 Å². The molecular formula is C23H18ClF6N3O5. The Kier molecular flexibility index (Phi) is 7.48. The first-order valence-corrected chi connectivity index (χ1v) is 11.3. The van der Waals surface area contributed by atoms with Gasteiger partial charge in [0.1, 0.15) is 12.2 Å². The Labute approximate surface area is 216 Å². The van der Waals surface area contributed by atoms with E-state index < -0.39 is 54.5 Å². The van der Waals surface area contributed by atoms with Crippen molar-refractivity contribution in [1.29, 1.82) is 0 Å². The average Bonchev–Trinajstić information content (AvgIpc) is 3.22. The molecular weight excluding hydrogens is 548 g/mol. The molecule has 0 saturated heterocycles. The van der Waals surface area contributed by atoms with Gasteiger partial charge < -0.3 is 18.9 Å². The van der Waals surface area contributed by atoms with Gasteiger partial charge >= 0.3 is 18.5 Å². The highest BCUT2D eigenvalue weighted by molar-refractivity contribution is 6.30. The van der Waals surface area contributed by atoms with Crippen LogP contribution in [0.5, 0.6) is 11.5 Å². The Bertz CT molecular complexity index is 1340. The van der Waals surface area contributed by atoms with Crippen molar-refractivity contribution in [2.24, 2.45) is 0 Å². The second-order valence-corrected chi connectivity index (χ2v) is 8.29. The summed E-state index contributed by atoms with van der Waals surface area (Å²) >= 11 is 6.15. The van der Waals surface area contributed by atoms with Gasteiger partial charge in [0.05, 0.1) is 25.8 Å². The van der Waals surface area contributed by atoms with Gasteiger partial charge in [-0.2, -0.15) is 13.2 Å². The molecule has 1 aliphatic heterocycles. The summed E-state index contributed by atoms with van der Waals surface area (Å²) in [5, 5.41) is 6.94. The van der Waals surface area contributed by atoms with Gasteiger partial charge in [0.25, 0.3) is 0 Å². The molecule has 0 fully saturated rings. The maximum Gasteiger partial charge on any atom is 0.573 e. The van der Waals surface area contributed by atoms with Gasteiger partial charge in [-0.05, 0) is 31.2 Å². The first kappa shape index (κ1) is 27.5. The quantitative estimate of drug-likeness (QED) is 0.269. The van der Waals surface area contributed by atoms with Crippen molar-refractivity contribution < 1.29 is 50.1 Å². The Morgan fingerprint density at radius 3 is 2.47 bits per heavy atom. The van der Waals surface area contributed by atoms with Crippen LogP contribution in [0.15, 0.2) is 36.4 Å². The van der Waals surface area contributed by atoms with Crippen molar-refractivity contribution in [3.8, 4) is 17.2 Å². The molecule has 0 amide bonds. The third-order valence-corrected chi connectivity index (χ3v) is 5.66. The molecule has 0 bridgehead atoms. The van der Waals surface area contributed by atoms with E-state index in [4.69, 9.17) is 25.8 Å². The van der Waals surface area contributed by atoms with Crippen LogP contribution < -0.4 is 9.47 Å². The number of ether oxygens (including phenoxy) is 4. The van der Waals surface area contributed by atoms with E-state index in [1.807, 2.05) is 0 Å². The maximum atomic E-state index is 14.0. The van der Waals surface area contributed by atoms with Crippen molar-refractivity contribution in [3.63, 3.8) is 0 Å². The third-order valence-electron chi connectivity index (χ3n) is 5.43. The maximum absolute atomic E-state index is 14.0. The highest BCUT2D eigenvalue weighted by atomic mass is 35.5. The van der Waals surface area contributed by atoms with Gasteiger partial charge in [-0.3, -0.25) is 9.36 Å². The van der Waals surface area contributed by atoms with Gasteiger partial charge in [-0.25, -0.2) is 0 Å². The lowest BCUT2D eigenvalue weighted by atomic mass is 9.98. The van der Waals surface area contributed by atoms with Crippen LogP contribution in [0.3, 0.4) is 0 Å². The highest BCUT2D eigenvalue weighted by Crippen LogP contribution is 2.48. The lowest BCUT2D eigenvalue weighted by molar-refractivity contribution is -0.275. The standard InChI is InChI=1S/C23H18ClF6N3O5/c1-3-36-17(34)10-16-20-31-32-21(22(25,26)27)33(20)14-8-7-11(24)9-13(14)18(37-16)12-5-4-6-15(35-2)19(12)38-23(28,29)30/h4-9,16,18H,3,10H2,1-2H3. The first-order chi connectivity index (χ1) is 17.8. The molecule has 204 valence electrons. The van der Waals surface area contributed by atoms with E-state index in [0.717, 1.165) is 7.11 Å². The van der Waals surface area contributed by atoms with Crippen LogP contribution >= 0.6 is 11.6 Å². The minimum Gasteiger partial charge on any atom is -0.493 e. The predicted octanol–water partition coefficient (Wildman–Crippen LogP) is 5.96. The van der Waals surface area contributed by atoms with Crippen LogP contribution in [0.1, 0.15) is 48.3 Å². The molecule has 0 N–H and O–H groups in total. The molecule has 0 saturated carbocycles. The van der Waals surface area contributed by atoms with Crippen molar-refractivity contribution >= 4 is 17.6 Å². The number of hydrogen-bond acceptors (Lipinski definition) is 7. The van der Waals surface area contributed by atoms with Crippen LogP contribution in [-0.4, -0.2) is 40.8 Å². The summed E-state index contributed by atoms with van der Waals surface area (Å²) in [5.74, 6) is -3.82. The number of carbonyl (C=O) groups excluding carboxylic acids is 1. The molecule has 8 nitrogen and oxygen atoms in total. The molecule has 0 radical (unpaired) electrons. The summed E-state index contributed by atoms with van der Waals surface area (Å²) in [6.45, 7) is 1.48. The number of rotatable bonds is 6. The fraction of sp³-hybridized carbons (Fsp3) is 0.348. The zero-order valence-corrected chi connectivity index (χ0v) is 20.3. The summed E-state index contributed by atoms with van der Waals surface area (Å²) in [7, 11) is 1.11. The number of fused-ring (bicyclic) bond motifs is 3. The molecule has 2 unspecified atom stereocenters. The van der Waals surface area contributed by atoms with Gasteiger partial charge in [-0.1, -0.05) is 23.7 Å². The predicted molar refractivity (Wildman–Crippen MR) is 118 cm³/mol. The minimum absolute atomic E-state index is 0.0369. The number of benzene rings is 2.